The molecule has 0 bridgehead atoms. The first kappa shape index (κ1) is 19.7. The largest absolute Gasteiger partial charge is 0.494 e. The molecule has 0 spiro atoms. The Kier molecular flexibility index (Phi) is 5.23. The van der Waals surface area contributed by atoms with Gasteiger partial charge in [0, 0.05) is 17.9 Å². The van der Waals surface area contributed by atoms with Gasteiger partial charge in [0.05, 0.1) is 11.2 Å². The minimum absolute atomic E-state index is 0.108. The second-order valence-corrected chi connectivity index (χ2v) is 8.21. The number of benzene rings is 1. The van der Waals surface area contributed by atoms with E-state index in [2.05, 4.69) is 12.2 Å². The van der Waals surface area contributed by atoms with Crippen LogP contribution in [0.2, 0.25) is 0 Å². The van der Waals surface area contributed by atoms with Gasteiger partial charge in [0.25, 0.3) is 0 Å². The van der Waals surface area contributed by atoms with E-state index in [4.69, 9.17) is 9.31 Å². The summed E-state index contributed by atoms with van der Waals surface area (Å²) >= 11 is 0. The van der Waals surface area contributed by atoms with Crippen LogP contribution in [0.25, 0.3) is 0 Å². The van der Waals surface area contributed by atoms with E-state index in [9.17, 15) is 4.79 Å². The number of carbonyl (C=O) groups excluding carboxylic acids is 1. The number of anilines is 1. The molecule has 2 heterocycles. The van der Waals surface area contributed by atoms with E-state index < -0.39 is 7.12 Å². The monoisotopic (exact) mass is 368 g/mol. The van der Waals surface area contributed by atoms with E-state index in [-0.39, 0.29) is 17.2 Å². The molecule has 1 saturated heterocycles. The second kappa shape index (κ2) is 7.17. The van der Waals surface area contributed by atoms with Crippen LogP contribution in [-0.4, -0.2) is 35.8 Å². The molecular formula is C21H29BN2O3. The van der Waals surface area contributed by atoms with Crippen molar-refractivity contribution >= 4 is 24.3 Å². The van der Waals surface area contributed by atoms with Crippen LogP contribution in [0.5, 0.6) is 0 Å². The number of carbonyl (C=O) groups is 1. The van der Waals surface area contributed by atoms with Gasteiger partial charge in [0.2, 0.25) is 0 Å². The fourth-order valence-corrected chi connectivity index (χ4v) is 3.25. The highest BCUT2D eigenvalue weighted by molar-refractivity contribution is 6.62. The zero-order chi connectivity index (χ0) is 19.8. The van der Waals surface area contributed by atoms with Crippen LogP contribution >= 0.6 is 0 Å². The average molecular weight is 368 g/mol. The highest BCUT2D eigenvalue weighted by atomic mass is 16.7. The minimum Gasteiger partial charge on any atom is -0.399 e. The molecule has 0 radical (unpaired) electrons. The number of nitrogens with zero attached hydrogens (tertiary/aromatic N) is 1. The van der Waals surface area contributed by atoms with E-state index in [1.54, 1.807) is 4.90 Å². The van der Waals surface area contributed by atoms with Crippen LogP contribution in [0, 0.1) is 0 Å². The minimum atomic E-state index is -0.398. The van der Waals surface area contributed by atoms with Crippen molar-refractivity contribution in [1.82, 2.24) is 4.90 Å². The van der Waals surface area contributed by atoms with Crippen LogP contribution in [0.3, 0.4) is 0 Å². The Bertz CT molecular complexity index is 765. The summed E-state index contributed by atoms with van der Waals surface area (Å²) in [5.74, 6) is 0. The van der Waals surface area contributed by atoms with E-state index in [0.717, 1.165) is 23.3 Å². The fourth-order valence-electron chi connectivity index (χ4n) is 3.25. The molecule has 6 heteroatoms. The second-order valence-electron chi connectivity index (χ2n) is 8.21. The Hall–Kier alpha value is -2.05. The number of nitrogens with one attached hydrogen (secondary N) is 1. The Balaban J connectivity index is 1.68. The molecule has 1 aromatic rings. The van der Waals surface area contributed by atoms with Gasteiger partial charge >= 0.3 is 13.1 Å². The molecule has 1 N–H and O–H groups in total. The summed E-state index contributed by atoms with van der Waals surface area (Å²) in [6, 6.07) is 7.55. The van der Waals surface area contributed by atoms with E-state index >= 15 is 0 Å². The van der Waals surface area contributed by atoms with Crippen molar-refractivity contribution in [3.05, 3.63) is 47.7 Å². The Morgan fingerprint density at radius 3 is 2.30 bits per heavy atom. The molecule has 0 atom stereocenters. The third-order valence-electron chi connectivity index (χ3n) is 5.70. The van der Waals surface area contributed by atoms with Crippen molar-refractivity contribution < 1.29 is 14.1 Å². The molecule has 144 valence electrons. The number of hydrogen-bond donors (Lipinski definition) is 1. The number of rotatable bonds is 3. The summed E-state index contributed by atoms with van der Waals surface area (Å²) in [6.07, 6.45) is 4.86. The SMILES string of the molecule is CC=CC1=C(C)CCN1C(=O)Nc1ccc(B2OC(C)(C)C(C)(C)O2)cc1. The molecule has 1 aromatic carbocycles. The highest BCUT2D eigenvalue weighted by Gasteiger charge is 2.51. The van der Waals surface area contributed by atoms with Crippen molar-refractivity contribution in [1.29, 1.82) is 0 Å². The molecule has 0 unspecified atom stereocenters. The lowest BCUT2D eigenvalue weighted by atomic mass is 9.79. The number of urea groups is 1. The Morgan fingerprint density at radius 1 is 1.15 bits per heavy atom. The first-order valence-corrected chi connectivity index (χ1v) is 9.51. The summed E-state index contributed by atoms with van der Waals surface area (Å²) in [7, 11) is -0.398. The van der Waals surface area contributed by atoms with Gasteiger partial charge in [-0.3, -0.25) is 4.90 Å². The summed E-state index contributed by atoms with van der Waals surface area (Å²) < 4.78 is 12.1. The van der Waals surface area contributed by atoms with Crippen molar-refractivity contribution in [2.75, 3.05) is 11.9 Å². The molecule has 2 aliphatic rings. The van der Waals surface area contributed by atoms with Crippen LogP contribution in [0.15, 0.2) is 47.7 Å². The molecule has 0 aromatic heterocycles. The maximum absolute atomic E-state index is 12.7. The number of hydrogen-bond acceptors (Lipinski definition) is 3. The van der Waals surface area contributed by atoms with Gasteiger partial charge in [-0.15, -0.1) is 0 Å². The summed E-state index contributed by atoms with van der Waals surface area (Å²) in [5.41, 5.74) is 3.19. The predicted octanol–water partition coefficient (Wildman–Crippen LogP) is 4.07. The molecule has 0 aliphatic carbocycles. The van der Waals surface area contributed by atoms with Crippen molar-refractivity contribution in [2.45, 2.75) is 59.2 Å². The van der Waals surface area contributed by atoms with Gasteiger partial charge in [-0.25, -0.2) is 4.79 Å². The quantitative estimate of drug-likeness (QED) is 0.819. The van der Waals surface area contributed by atoms with Gasteiger partial charge in [-0.1, -0.05) is 18.2 Å². The summed E-state index contributed by atoms with van der Waals surface area (Å²) in [6.45, 7) is 12.9. The van der Waals surface area contributed by atoms with E-state index in [1.165, 1.54) is 5.57 Å². The van der Waals surface area contributed by atoms with Gasteiger partial charge in [0.15, 0.2) is 0 Å². The van der Waals surface area contributed by atoms with Crippen LogP contribution in [-0.2, 0) is 9.31 Å². The smallest absolute Gasteiger partial charge is 0.399 e. The van der Waals surface area contributed by atoms with Gasteiger partial charge in [-0.2, -0.15) is 0 Å². The van der Waals surface area contributed by atoms with Crippen molar-refractivity contribution in [2.24, 2.45) is 0 Å². The Labute approximate surface area is 162 Å². The topological polar surface area (TPSA) is 50.8 Å². The average Bonchev–Trinajstić information content (AvgIpc) is 3.05. The Morgan fingerprint density at radius 2 is 1.74 bits per heavy atom. The summed E-state index contributed by atoms with van der Waals surface area (Å²) in [5, 5.41) is 2.98. The lowest BCUT2D eigenvalue weighted by molar-refractivity contribution is 0.00578. The standard InChI is InChI=1S/C21H29BN2O3/c1-7-8-18-15(2)13-14-24(18)19(25)23-17-11-9-16(10-12-17)22-26-20(3,4)21(5,6)27-22/h7-12H,13-14H2,1-6H3,(H,23,25). The molecule has 1 fully saturated rings. The van der Waals surface area contributed by atoms with Crippen LogP contribution in [0.4, 0.5) is 10.5 Å². The zero-order valence-electron chi connectivity index (χ0n) is 17.1. The molecule has 3 rings (SSSR count). The van der Waals surface area contributed by atoms with Crippen LogP contribution < -0.4 is 10.8 Å². The molecule has 2 amide bonds. The van der Waals surface area contributed by atoms with Crippen molar-refractivity contribution in [3.63, 3.8) is 0 Å². The molecule has 2 aliphatic heterocycles. The lowest BCUT2D eigenvalue weighted by Gasteiger charge is -2.32. The van der Waals surface area contributed by atoms with Gasteiger partial charge < -0.3 is 14.6 Å². The molecule has 0 saturated carbocycles. The van der Waals surface area contributed by atoms with Gasteiger partial charge in [-0.05, 0) is 77.2 Å². The first-order valence-electron chi connectivity index (χ1n) is 9.51. The first-order chi connectivity index (χ1) is 12.6. The fraction of sp³-hybridized carbons (Fsp3) is 0.476. The van der Waals surface area contributed by atoms with Crippen molar-refractivity contribution in [3.8, 4) is 0 Å². The van der Waals surface area contributed by atoms with Gasteiger partial charge in [0.1, 0.15) is 0 Å². The van der Waals surface area contributed by atoms with E-state index in [1.807, 2.05) is 71.0 Å². The predicted molar refractivity (Wildman–Crippen MR) is 110 cm³/mol. The normalized spacial score (nSPS) is 21.4. The lowest BCUT2D eigenvalue weighted by Crippen LogP contribution is -2.41. The number of allylic oxidation sites excluding steroid dienone is 2. The third-order valence-corrected chi connectivity index (χ3v) is 5.70. The van der Waals surface area contributed by atoms with Crippen LogP contribution in [0.1, 0.15) is 48.0 Å². The maximum Gasteiger partial charge on any atom is 0.494 e. The highest BCUT2D eigenvalue weighted by Crippen LogP contribution is 2.36. The number of amides is 2. The molecule has 5 nitrogen and oxygen atoms in total. The van der Waals surface area contributed by atoms with E-state index in [0.29, 0.717) is 6.54 Å². The maximum atomic E-state index is 12.7. The molecular weight excluding hydrogens is 339 g/mol. The zero-order valence-corrected chi connectivity index (χ0v) is 17.1. The molecule has 27 heavy (non-hydrogen) atoms. The summed E-state index contributed by atoms with van der Waals surface area (Å²) in [4.78, 5) is 14.4. The third kappa shape index (κ3) is 3.82.